The Bertz CT molecular complexity index is 509. The van der Waals surface area contributed by atoms with E-state index >= 15 is 0 Å². The molecule has 1 amide bonds. The van der Waals surface area contributed by atoms with Gasteiger partial charge in [-0.1, -0.05) is 13.8 Å². The molecule has 2 atom stereocenters. The molecule has 2 N–H and O–H groups in total. The molecule has 0 fully saturated rings. The van der Waals surface area contributed by atoms with Crippen molar-refractivity contribution in [1.29, 1.82) is 0 Å². The number of ether oxygens (including phenoxy) is 1. The Morgan fingerprint density at radius 3 is 2.65 bits per heavy atom. The molecule has 0 bridgehead atoms. The highest BCUT2D eigenvalue weighted by molar-refractivity contribution is 5.73. The third-order valence-electron chi connectivity index (χ3n) is 3.69. The summed E-state index contributed by atoms with van der Waals surface area (Å²) < 4.78 is 5.75. The van der Waals surface area contributed by atoms with Gasteiger partial charge in [0.25, 0.3) is 0 Å². The van der Waals surface area contributed by atoms with Crippen LogP contribution < -0.4 is 10.1 Å². The van der Waals surface area contributed by atoms with Gasteiger partial charge in [0.05, 0.1) is 18.8 Å². The van der Waals surface area contributed by atoms with E-state index < -0.39 is 6.10 Å². The zero-order chi connectivity index (χ0) is 14.9. The zero-order valence-electron chi connectivity index (χ0n) is 12.6. The molecular weight excluding hydrogens is 254 g/mol. The highest BCUT2D eigenvalue weighted by atomic mass is 16.5. The average molecular weight is 277 g/mol. The third kappa shape index (κ3) is 2.96. The molecule has 0 saturated carbocycles. The van der Waals surface area contributed by atoms with Gasteiger partial charge in [-0.3, -0.25) is 4.79 Å². The van der Waals surface area contributed by atoms with Gasteiger partial charge in [0.15, 0.2) is 0 Å². The maximum atomic E-state index is 11.4. The van der Waals surface area contributed by atoms with E-state index in [9.17, 15) is 9.90 Å². The van der Waals surface area contributed by atoms with Crippen molar-refractivity contribution in [3.63, 3.8) is 0 Å². The molecule has 1 aromatic rings. The molecule has 1 heterocycles. The van der Waals surface area contributed by atoms with Gasteiger partial charge in [0.2, 0.25) is 5.91 Å². The number of carbonyl (C=O) groups excluding carboxylic acids is 1. The second-order valence-electron chi connectivity index (χ2n) is 5.75. The summed E-state index contributed by atoms with van der Waals surface area (Å²) >= 11 is 0. The summed E-state index contributed by atoms with van der Waals surface area (Å²) in [5.74, 6) is 1.04. The normalized spacial score (nSPS) is 19.2. The van der Waals surface area contributed by atoms with Crippen LogP contribution in [-0.4, -0.2) is 17.6 Å². The fraction of sp³-hybridized carbons (Fsp3) is 0.562. The Morgan fingerprint density at radius 2 is 2.10 bits per heavy atom. The van der Waals surface area contributed by atoms with Crippen molar-refractivity contribution in [1.82, 2.24) is 5.32 Å². The molecule has 2 unspecified atom stereocenters. The highest BCUT2D eigenvalue weighted by Crippen LogP contribution is 2.40. The lowest BCUT2D eigenvalue weighted by Crippen LogP contribution is -2.31. The van der Waals surface area contributed by atoms with Gasteiger partial charge in [0.1, 0.15) is 5.75 Å². The summed E-state index contributed by atoms with van der Waals surface area (Å²) in [6.45, 7) is 8.05. The molecule has 20 heavy (non-hydrogen) atoms. The van der Waals surface area contributed by atoms with Crippen LogP contribution in [0.25, 0.3) is 0 Å². The van der Waals surface area contributed by atoms with Crippen molar-refractivity contribution in [3.05, 3.63) is 28.8 Å². The minimum absolute atomic E-state index is 0.0348. The van der Waals surface area contributed by atoms with Crippen molar-refractivity contribution in [2.45, 2.75) is 52.2 Å². The summed E-state index contributed by atoms with van der Waals surface area (Å²) in [5, 5.41) is 13.0. The standard InChI is InChI=1S/C16H23NO3/c1-9(2)12-7-13(10(3)18)16-14(8-12)15(5-6-20-16)17-11(4)19/h7-10,15,18H,5-6H2,1-4H3,(H,17,19). The Hall–Kier alpha value is -1.55. The minimum Gasteiger partial charge on any atom is -0.493 e. The number of hydrogen-bond donors (Lipinski definition) is 2. The predicted octanol–water partition coefficient (Wildman–Crippen LogP) is 2.82. The second-order valence-corrected chi connectivity index (χ2v) is 5.75. The van der Waals surface area contributed by atoms with E-state index in [1.165, 1.54) is 6.92 Å². The molecule has 0 spiro atoms. The second kappa shape index (κ2) is 5.83. The molecule has 0 radical (unpaired) electrons. The molecule has 1 aliphatic heterocycles. The van der Waals surface area contributed by atoms with Gasteiger partial charge in [-0.05, 0) is 30.5 Å². The van der Waals surface area contributed by atoms with Gasteiger partial charge in [0, 0.05) is 24.5 Å². The maximum absolute atomic E-state index is 11.4. The monoisotopic (exact) mass is 277 g/mol. The number of fused-ring (bicyclic) bond motifs is 1. The average Bonchev–Trinajstić information content (AvgIpc) is 2.37. The molecule has 0 aromatic heterocycles. The molecule has 4 nitrogen and oxygen atoms in total. The van der Waals surface area contributed by atoms with E-state index in [0.29, 0.717) is 12.5 Å². The van der Waals surface area contributed by atoms with Gasteiger partial charge < -0.3 is 15.2 Å². The lowest BCUT2D eigenvalue weighted by Gasteiger charge is -2.30. The number of carbonyl (C=O) groups is 1. The van der Waals surface area contributed by atoms with E-state index in [2.05, 4.69) is 25.2 Å². The van der Waals surface area contributed by atoms with Gasteiger partial charge in [-0.25, -0.2) is 0 Å². The summed E-state index contributed by atoms with van der Waals surface area (Å²) in [4.78, 5) is 11.4. The van der Waals surface area contributed by atoms with Crippen LogP contribution in [0.15, 0.2) is 12.1 Å². The summed E-state index contributed by atoms with van der Waals surface area (Å²) in [6.07, 6.45) is 0.173. The van der Waals surface area contributed by atoms with Crippen molar-refractivity contribution in [2.24, 2.45) is 0 Å². The Balaban J connectivity index is 2.53. The van der Waals surface area contributed by atoms with Gasteiger partial charge in [-0.15, -0.1) is 0 Å². The summed E-state index contributed by atoms with van der Waals surface area (Å²) in [5.41, 5.74) is 2.94. The largest absolute Gasteiger partial charge is 0.493 e. The number of aliphatic hydroxyl groups is 1. The first-order chi connectivity index (χ1) is 9.40. The van der Waals surface area contributed by atoms with E-state index in [4.69, 9.17) is 4.74 Å². The molecule has 4 heteroatoms. The topological polar surface area (TPSA) is 58.6 Å². The van der Waals surface area contributed by atoms with E-state index in [-0.39, 0.29) is 11.9 Å². The number of hydrogen-bond acceptors (Lipinski definition) is 3. The Labute approximate surface area is 120 Å². The third-order valence-corrected chi connectivity index (χ3v) is 3.69. The lowest BCUT2D eigenvalue weighted by molar-refractivity contribution is -0.119. The van der Waals surface area contributed by atoms with E-state index in [0.717, 1.165) is 28.9 Å². The Kier molecular flexibility index (Phi) is 4.33. The van der Waals surface area contributed by atoms with Crippen molar-refractivity contribution in [2.75, 3.05) is 6.61 Å². The van der Waals surface area contributed by atoms with E-state index in [1.54, 1.807) is 6.92 Å². The van der Waals surface area contributed by atoms with Crippen LogP contribution in [0.2, 0.25) is 0 Å². The molecule has 110 valence electrons. The summed E-state index contributed by atoms with van der Waals surface area (Å²) in [7, 11) is 0. The van der Waals surface area contributed by atoms with Crippen LogP contribution in [0.3, 0.4) is 0 Å². The van der Waals surface area contributed by atoms with Gasteiger partial charge >= 0.3 is 0 Å². The smallest absolute Gasteiger partial charge is 0.217 e. The lowest BCUT2D eigenvalue weighted by atomic mass is 9.90. The molecule has 0 aliphatic carbocycles. The van der Waals surface area contributed by atoms with Crippen LogP contribution in [0.1, 0.15) is 68.9 Å². The number of nitrogens with one attached hydrogen (secondary N) is 1. The first kappa shape index (κ1) is 14.9. The molecule has 0 saturated heterocycles. The number of benzene rings is 1. The van der Waals surface area contributed by atoms with Crippen molar-refractivity contribution >= 4 is 5.91 Å². The number of rotatable bonds is 3. The predicted molar refractivity (Wildman–Crippen MR) is 77.8 cm³/mol. The van der Waals surface area contributed by atoms with Crippen molar-refractivity contribution in [3.8, 4) is 5.75 Å². The summed E-state index contributed by atoms with van der Waals surface area (Å²) in [6, 6.07) is 4.06. The number of aliphatic hydroxyl groups excluding tert-OH is 1. The van der Waals surface area contributed by atoms with Crippen molar-refractivity contribution < 1.29 is 14.6 Å². The fourth-order valence-electron chi connectivity index (χ4n) is 2.60. The SMILES string of the molecule is CC(=O)NC1CCOc2c(C(C)O)cc(C(C)C)cc21. The fourth-order valence-corrected chi connectivity index (χ4v) is 2.60. The van der Waals surface area contributed by atoms with E-state index in [1.807, 2.05) is 6.07 Å². The van der Waals surface area contributed by atoms with Crippen LogP contribution in [0.4, 0.5) is 0 Å². The highest BCUT2D eigenvalue weighted by Gasteiger charge is 2.27. The van der Waals surface area contributed by atoms with Crippen LogP contribution in [0.5, 0.6) is 5.75 Å². The van der Waals surface area contributed by atoms with Crippen LogP contribution >= 0.6 is 0 Å². The first-order valence-electron chi connectivity index (χ1n) is 7.15. The van der Waals surface area contributed by atoms with Crippen LogP contribution in [0, 0.1) is 0 Å². The first-order valence-corrected chi connectivity index (χ1v) is 7.15. The molecule has 1 aromatic carbocycles. The number of amides is 1. The molecule has 1 aliphatic rings. The Morgan fingerprint density at radius 1 is 1.40 bits per heavy atom. The van der Waals surface area contributed by atoms with Gasteiger partial charge in [-0.2, -0.15) is 0 Å². The van der Waals surface area contributed by atoms with Crippen LogP contribution in [-0.2, 0) is 4.79 Å². The molecular formula is C16H23NO3. The minimum atomic E-state index is -0.585. The maximum Gasteiger partial charge on any atom is 0.217 e. The molecule has 2 rings (SSSR count). The quantitative estimate of drug-likeness (QED) is 0.893. The zero-order valence-corrected chi connectivity index (χ0v) is 12.6.